The van der Waals surface area contributed by atoms with Crippen LogP contribution in [0.2, 0.25) is 0 Å². The molecule has 0 saturated carbocycles. The Kier molecular flexibility index (Phi) is 7.32. The van der Waals surface area contributed by atoms with Crippen LogP contribution in [0.25, 0.3) is 0 Å². The Morgan fingerprint density at radius 3 is 2.28 bits per heavy atom. The molecule has 0 aliphatic heterocycles. The summed E-state index contributed by atoms with van der Waals surface area (Å²) in [5.41, 5.74) is -0.543. The number of thioether (sulfide) groups is 1. The molecule has 106 valence electrons. The molecule has 0 rings (SSSR count). The first-order valence-corrected chi connectivity index (χ1v) is 6.80. The van der Waals surface area contributed by atoms with Crippen molar-refractivity contribution in [1.82, 2.24) is 5.32 Å². The van der Waals surface area contributed by atoms with E-state index in [1.54, 1.807) is 27.9 Å². The zero-order valence-electron chi connectivity index (χ0n) is 11.9. The molecule has 0 heterocycles. The molecule has 2 atom stereocenters. The number of rotatable bonds is 5. The molecule has 0 aromatic rings. The molecule has 0 bridgehead atoms. The predicted molar refractivity (Wildman–Crippen MR) is 72.8 cm³/mol. The van der Waals surface area contributed by atoms with E-state index >= 15 is 0 Å². The highest BCUT2D eigenvalue weighted by molar-refractivity contribution is 8.13. The van der Waals surface area contributed by atoms with Crippen molar-refractivity contribution < 1.29 is 19.1 Å². The van der Waals surface area contributed by atoms with Crippen LogP contribution in [0.3, 0.4) is 0 Å². The van der Waals surface area contributed by atoms with E-state index in [1.807, 2.05) is 6.92 Å². The van der Waals surface area contributed by atoms with E-state index in [0.717, 1.165) is 11.8 Å². The van der Waals surface area contributed by atoms with Crippen molar-refractivity contribution in [1.29, 1.82) is 0 Å². The lowest BCUT2D eigenvalue weighted by molar-refractivity contribution is -0.109. The van der Waals surface area contributed by atoms with Gasteiger partial charge in [0.1, 0.15) is 5.60 Å². The molecule has 0 aliphatic carbocycles. The van der Waals surface area contributed by atoms with Gasteiger partial charge < -0.3 is 14.8 Å². The van der Waals surface area contributed by atoms with Gasteiger partial charge in [0.2, 0.25) is 0 Å². The number of methoxy groups -OCH3 is 1. The van der Waals surface area contributed by atoms with Crippen LogP contribution < -0.4 is 5.32 Å². The molecule has 2 unspecified atom stereocenters. The summed E-state index contributed by atoms with van der Waals surface area (Å²) in [6.07, 6.45) is -0.690. The number of hydrogen-bond acceptors (Lipinski definition) is 5. The average molecular weight is 277 g/mol. The molecule has 0 saturated heterocycles. The summed E-state index contributed by atoms with van der Waals surface area (Å²) in [5.74, 6) is 0.462. The van der Waals surface area contributed by atoms with E-state index in [0.29, 0.717) is 5.75 Å². The number of alkyl carbamates (subject to hydrolysis) is 1. The lowest BCUT2D eigenvalue weighted by Crippen LogP contribution is -2.46. The summed E-state index contributed by atoms with van der Waals surface area (Å²) >= 11 is 1.15. The Hall–Kier alpha value is -0.750. The Morgan fingerprint density at radius 1 is 1.33 bits per heavy atom. The summed E-state index contributed by atoms with van der Waals surface area (Å²) in [6, 6.07) is -0.265. The van der Waals surface area contributed by atoms with E-state index in [2.05, 4.69) is 5.32 Å². The zero-order valence-corrected chi connectivity index (χ0v) is 12.7. The first-order chi connectivity index (χ1) is 8.15. The zero-order chi connectivity index (χ0) is 14.3. The lowest BCUT2D eigenvalue weighted by atomic mass is 10.2. The number of nitrogens with one attached hydrogen (secondary N) is 1. The number of ether oxygens (including phenoxy) is 2. The van der Waals surface area contributed by atoms with E-state index in [9.17, 15) is 9.59 Å². The minimum atomic E-state index is -0.543. The van der Waals surface area contributed by atoms with Gasteiger partial charge in [-0.05, 0) is 27.7 Å². The Morgan fingerprint density at radius 2 is 1.89 bits per heavy atom. The van der Waals surface area contributed by atoms with Crippen molar-refractivity contribution in [3.8, 4) is 0 Å². The minimum absolute atomic E-state index is 0.00860. The van der Waals surface area contributed by atoms with Crippen molar-refractivity contribution in [2.45, 2.75) is 52.4 Å². The summed E-state index contributed by atoms with van der Waals surface area (Å²) in [5, 5.41) is 2.73. The highest BCUT2D eigenvalue weighted by Crippen LogP contribution is 2.11. The molecule has 0 fully saturated rings. The van der Waals surface area contributed by atoms with E-state index < -0.39 is 11.7 Å². The van der Waals surface area contributed by atoms with Gasteiger partial charge in [-0.25, -0.2) is 4.79 Å². The highest BCUT2D eigenvalue weighted by Gasteiger charge is 2.23. The molecular formula is C12H23NO4S. The molecule has 1 amide bonds. The molecule has 18 heavy (non-hydrogen) atoms. The lowest BCUT2D eigenvalue weighted by Gasteiger charge is -2.26. The molecule has 5 nitrogen and oxygen atoms in total. The molecule has 1 N–H and O–H groups in total. The van der Waals surface area contributed by atoms with Crippen LogP contribution in [-0.4, -0.2) is 41.8 Å². The fraction of sp³-hybridized carbons (Fsp3) is 0.833. The van der Waals surface area contributed by atoms with Crippen molar-refractivity contribution in [3.05, 3.63) is 0 Å². The largest absolute Gasteiger partial charge is 0.444 e. The monoisotopic (exact) mass is 277 g/mol. The van der Waals surface area contributed by atoms with Gasteiger partial charge >= 0.3 is 6.09 Å². The summed E-state index contributed by atoms with van der Waals surface area (Å²) in [6.45, 7) is 8.72. The topological polar surface area (TPSA) is 64.6 Å². The maximum Gasteiger partial charge on any atom is 0.407 e. The van der Waals surface area contributed by atoms with Crippen LogP contribution in [0.4, 0.5) is 4.79 Å². The van der Waals surface area contributed by atoms with Crippen molar-refractivity contribution in [2.75, 3.05) is 12.9 Å². The van der Waals surface area contributed by atoms with E-state index in [1.165, 1.54) is 6.92 Å². The normalized spacial score (nSPS) is 14.8. The smallest absolute Gasteiger partial charge is 0.407 e. The highest BCUT2D eigenvalue weighted by atomic mass is 32.2. The Balaban J connectivity index is 4.40. The molecule has 0 radical (unpaired) electrons. The standard InChI is InChI=1S/C12H23NO4S/c1-8(16-6)10(7-18-9(2)14)13-11(15)17-12(3,4)5/h8,10H,7H2,1-6H3,(H,13,15). The van der Waals surface area contributed by atoms with Gasteiger partial charge in [0.05, 0.1) is 12.1 Å². The van der Waals surface area contributed by atoms with Gasteiger partial charge in [0.25, 0.3) is 0 Å². The van der Waals surface area contributed by atoms with Gasteiger partial charge in [0.15, 0.2) is 5.12 Å². The third-order valence-corrected chi connectivity index (χ3v) is 3.04. The van der Waals surface area contributed by atoms with Crippen molar-refractivity contribution in [3.63, 3.8) is 0 Å². The van der Waals surface area contributed by atoms with Crippen LogP contribution in [0.1, 0.15) is 34.6 Å². The maximum atomic E-state index is 11.7. The second-order valence-electron chi connectivity index (χ2n) is 5.00. The summed E-state index contributed by atoms with van der Waals surface area (Å²) in [7, 11) is 1.56. The van der Waals surface area contributed by atoms with Gasteiger partial charge in [-0.2, -0.15) is 0 Å². The summed E-state index contributed by atoms with van der Waals surface area (Å²) < 4.78 is 10.4. The van der Waals surface area contributed by atoms with Crippen LogP contribution in [-0.2, 0) is 14.3 Å². The third kappa shape index (κ3) is 8.36. The molecule has 0 aromatic carbocycles. The molecule has 6 heteroatoms. The van der Waals surface area contributed by atoms with Gasteiger partial charge in [-0.15, -0.1) is 0 Å². The number of carbonyl (C=O) groups is 2. The van der Waals surface area contributed by atoms with E-state index in [4.69, 9.17) is 9.47 Å². The Labute approximate surface area is 113 Å². The van der Waals surface area contributed by atoms with Crippen molar-refractivity contribution in [2.24, 2.45) is 0 Å². The van der Waals surface area contributed by atoms with Crippen LogP contribution in [0, 0.1) is 0 Å². The number of hydrogen-bond donors (Lipinski definition) is 1. The molecular weight excluding hydrogens is 254 g/mol. The third-order valence-electron chi connectivity index (χ3n) is 2.11. The predicted octanol–water partition coefficient (Wildman–Crippen LogP) is 2.19. The molecule has 0 aliphatic rings. The molecule has 0 spiro atoms. The SMILES string of the molecule is COC(C)C(CSC(C)=O)NC(=O)OC(C)(C)C. The number of amides is 1. The summed E-state index contributed by atoms with van der Waals surface area (Å²) in [4.78, 5) is 22.6. The van der Waals surface area contributed by atoms with Crippen LogP contribution in [0.15, 0.2) is 0 Å². The first kappa shape index (κ1) is 17.2. The van der Waals surface area contributed by atoms with Gasteiger partial charge in [-0.3, -0.25) is 4.79 Å². The average Bonchev–Trinajstić information content (AvgIpc) is 2.20. The van der Waals surface area contributed by atoms with Gasteiger partial charge in [0, 0.05) is 19.8 Å². The maximum absolute atomic E-state index is 11.7. The minimum Gasteiger partial charge on any atom is -0.444 e. The fourth-order valence-electron chi connectivity index (χ4n) is 1.12. The van der Waals surface area contributed by atoms with Crippen LogP contribution >= 0.6 is 11.8 Å². The fourth-order valence-corrected chi connectivity index (χ4v) is 1.89. The molecule has 0 aromatic heterocycles. The second-order valence-corrected chi connectivity index (χ2v) is 6.19. The second kappa shape index (κ2) is 7.63. The number of carbonyl (C=O) groups excluding carboxylic acids is 2. The Bertz CT molecular complexity index is 288. The van der Waals surface area contributed by atoms with Crippen LogP contribution in [0.5, 0.6) is 0 Å². The quantitative estimate of drug-likeness (QED) is 0.834. The van der Waals surface area contributed by atoms with Gasteiger partial charge in [-0.1, -0.05) is 11.8 Å². The van der Waals surface area contributed by atoms with Crippen molar-refractivity contribution >= 4 is 23.0 Å². The van der Waals surface area contributed by atoms with E-state index in [-0.39, 0.29) is 17.3 Å². The first-order valence-electron chi connectivity index (χ1n) is 5.81.